The first kappa shape index (κ1) is 10.5. The Kier molecular flexibility index (Phi) is 2.73. The van der Waals surface area contributed by atoms with Crippen LogP contribution < -0.4 is 0 Å². The van der Waals surface area contributed by atoms with E-state index in [2.05, 4.69) is 4.98 Å². The Morgan fingerprint density at radius 2 is 2.14 bits per heavy atom. The quantitative estimate of drug-likeness (QED) is 0.804. The van der Waals surface area contributed by atoms with E-state index in [-0.39, 0.29) is 5.69 Å². The lowest BCUT2D eigenvalue weighted by Crippen LogP contribution is -2.06. The van der Waals surface area contributed by atoms with Crippen LogP contribution in [0, 0.1) is 12.7 Å². The van der Waals surface area contributed by atoms with E-state index in [0.717, 1.165) is 6.92 Å². The number of aromatic carboxylic acids is 1. The first-order valence-electron chi connectivity index (χ1n) is 3.62. The van der Waals surface area contributed by atoms with Gasteiger partial charge in [-0.15, -0.1) is 0 Å². The molecular weight excluding hydrogens is 199 g/mol. The molecule has 0 spiro atoms. The predicted octanol–water partition coefficient (Wildman–Crippen LogP) is 2.16. The van der Waals surface area contributed by atoms with Crippen LogP contribution in [0.1, 0.15) is 28.2 Å². The van der Waals surface area contributed by atoms with Crippen LogP contribution in [0.2, 0.25) is 0 Å². The maximum Gasteiger partial charge on any atom is 0.354 e. The van der Waals surface area contributed by atoms with Gasteiger partial charge in [-0.1, -0.05) is 0 Å². The minimum Gasteiger partial charge on any atom is -0.477 e. The van der Waals surface area contributed by atoms with Gasteiger partial charge in [-0.05, 0) is 13.0 Å². The molecule has 1 aromatic rings. The monoisotopic (exact) mass is 205 g/mol. The molecule has 0 aliphatic heterocycles. The smallest absolute Gasteiger partial charge is 0.354 e. The number of hydrogen-bond acceptors (Lipinski definition) is 2. The summed E-state index contributed by atoms with van der Waals surface area (Å²) in [6, 6.07) is 0.537. The van der Waals surface area contributed by atoms with E-state index >= 15 is 0 Å². The van der Waals surface area contributed by atoms with E-state index < -0.39 is 29.5 Å². The Balaban J connectivity index is 3.35. The number of carboxylic acids is 1. The highest BCUT2D eigenvalue weighted by atomic mass is 19.3. The number of alkyl halides is 2. The van der Waals surface area contributed by atoms with Crippen molar-refractivity contribution in [2.45, 2.75) is 13.3 Å². The molecule has 0 aromatic carbocycles. The molecule has 14 heavy (non-hydrogen) atoms. The third-order valence-electron chi connectivity index (χ3n) is 1.61. The fraction of sp³-hybridized carbons (Fsp3) is 0.250. The highest BCUT2D eigenvalue weighted by Crippen LogP contribution is 2.23. The molecular formula is C8H6F3NO2. The topological polar surface area (TPSA) is 50.2 Å². The zero-order valence-corrected chi connectivity index (χ0v) is 7.09. The number of aromatic nitrogens is 1. The average molecular weight is 205 g/mol. The summed E-state index contributed by atoms with van der Waals surface area (Å²) in [6.45, 7) is 1.13. The van der Waals surface area contributed by atoms with Crippen molar-refractivity contribution in [1.29, 1.82) is 0 Å². The largest absolute Gasteiger partial charge is 0.477 e. The van der Waals surface area contributed by atoms with E-state index in [9.17, 15) is 18.0 Å². The molecule has 0 fully saturated rings. The normalized spacial score (nSPS) is 10.6. The van der Waals surface area contributed by atoms with Crippen LogP contribution in [-0.4, -0.2) is 16.1 Å². The SMILES string of the molecule is Cc1nc(C(=O)O)cc(C(F)F)c1F. The Bertz CT molecular complexity index is 379. The van der Waals surface area contributed by atoms with E-state index in [4.69, 9.17) is 5.11 Å². The Labute approximate surface area is 77.2 Å². The lowest BCUT2D eigenvalue weighted by Gasteiger charge is -2.05. The molecule has 0 amide bonds. The van der Waals surface area contributed by atoms with Crippen LogP contribution in [0.25, 0.3) is 0 Å². The van der Waals surface area contributed by atoms with Gasteiger partial charge in [0, 0.05) is 0 Å². The molecule has 0 saturated heterocycles. The van der Waals surface area contributed by atoms with E-state index in [1.165, 1.54) is 0 Å². The third-order valence-corrected chi connectivity index (χ3v) is 1.61. The van der Waals surface area contributed by atoms with Crippen molar-refractivity contribution in [3.8, 4) is 0 Å². The molecule has 1 aromatic heterocycles. The van der Waals surface area contributed by atoms with Gasteiger partial charge in [0.2, 0.25) is 0 Å². The molecule has 0 aliphatic carbocycles. The van der Waals surface area contributed by atoms with Crippen molar-refractivity contribution >= 4 is 5.97 Å². The number of halogens is 3. The van der Waals surface area contributed by atoms with Crippen molar-refractivity contribution < 1.29 is 23.1 Å². The summed E-state index contributed by atoms with van der Waals surface area (Å²) >= 11 is 0. The van der Waals surface area contributed by atoms with Crippen molar-refractivity contribution in [2.24, 2.45) is 0 Å². The zero-order chi connectivity index (χ0) is 10.9. The van der Waals surface area contributed by atoms with Gasteiger partial charge in [0.15, 0.2) is 5.82 Å². The molecule has 76 valence electrons. The molecule has 3 nitrogen and oxygen atoms in total. The Hall–Kier alpha value is -1.59. The predicted molar refractivity (Wildman–Crippen MR) is 40.8 cm³/mol. The summed E-state index contributed by atoms with van der Waals surface area (Å²) in [4.78, 5) is 13.7. The molecule has 6 heteroatoms. The number of pyridine rings is 1. The molecule has 0 bridgehead atoms. The molecule has 1 heterocycles. The second kappa shape index (κ2) is 3.65. The first-order chi connectivity index (χ1) is 6.43. The number of rotatable bonds is 2. The summed E-state index contributed by atoms with van der Waals surface area (Å²) in [7, 11) is 0. The second-order valence-electron chi connectivity index (χ2n) is 2.60. The van der Waals surface area contributed by atoms with Gasteiger partial charge in [-0.25, -0.2) is 22.9 Å². The molecule has 0 aliphatic rings. The summed E-state index contributed by atoms with van der Waals surface area (Å²) in [5, 5.41) is 8.48. The fourth-order valence-electron chi connectivity index (χ4n) is 0.950. The highest BCUT2D eigenvalue weighted by Gasteiger charge is 2.19. The van der Waals surface area contributed by atoms with Crippen LogP contribution in [0.15, 0.2) is 6.07 Å². The average Bonchev–Trinajstić information content (AvgIpc) is 2.08. The van der Waals surface area contributed by atoms with Gasteiger partial charge in [-0.3, -0.25) is 0 Å². The van der Waals surface area contributed by atoms with Gasteiger partial charge >= 0.3 is 5.97 Å². The zero-order valence-electron chi connectivity index (χ0n) is 7.09. The number of nitrogens with zero attached hydrogens (tertiary/aromatic N) is 1. The maximum absolute atomic E-state index is 13.0. The molecule has 0 radical (unpaired) electrons. The maximum atomic E-state index is 13.0. The van der Waals surface area contributed by atoms with Crippen molar-refractivity contribution in [2.75, 3.05) is 0 Å². The van der Waals surface area contributed by atoms with Crippen LogP contribution in [-0.2, 0) is 0 Å². The lowest BCUT2D eigenvalue weighted by molar-refractivity contribution is 0.0689. The fourth-order valence-corrected chi connectivity index (χ4v) is 0.950. The minimum absolute atomic E-state index is 0.347. The van der Waals surface area contributed by atoms with Crippen molar-refractivity contribution in [3.63, 3.8) is 0 Å². The number of hydrogen-bond donors (Lipinski definition) is 1. The van der Waals surface area contributed by atoms with E-state index in [1.807, 2.05) is 0 Å². The van der Waals surface area contributed by atoms with Gasteiger partial charge in [0.1, 0.15) is 5.69 Å². The molecule has 0 saturated carbocycles. The van der Waals surface area contributed by atoms with Gasteiger partial charge < -0.3 is 5.11 Å². The van der Waals surface area contributed by atoms with Crippen molar-refractivity contribution in [3.05, 3.63) is 28.8 Å². The lowest BCUT2D eigenvalue weighted by atomic mass is 10.2. The molecule has 1 N–H and O–H groups in total. The first-order valence-corrected chi connectivity index (χ1v) is 3.62. The van der Waals surface area contributed by atoms with Crippen LogP contribution in [0.3, 0.4) is 0 Å². The van der Waals surface area contributed by atoms with Gasteiger partial charge in [0.25, 0.3) is 6.43 Å². The Morgan fingerprint density at radius 1 is 1.57 bits per heavy atom. The van der Waals surface area contributed by atoms with Gasteiger partial charge in [0.05, 0.1) is 11.3 Å². The summed E-state index contributed by atoms with van der Waals surface area (Å²) < 4.78 is 37.3. The van der Waals surface area contributed by atoms with Crippen molar-refractivity contribution in [1.82, 2.24) is 4.98 Å². The summed E-state index contributed by atoms with van der Waals surface area (Å²) in [6.07, 6.45) is -3.05. The summed E-state index contributed by atoms with van der Waals surface area (Å²) in [5.41, 5.74) is -1.87. The summed E-state index contributed by atoms with van der Waals surface area (Å²) in [5.74, 6) is -2.62. The van der Waals surface area contributed by atoms with Gasteiger partial charge in [-0.2, -0.15) is 0 Å². The third kappa shape index (κ3) is 1.84. The minimum atomic E-state index is -3.05. The molecule has 1 rings (SSSR count). The number of carboxylic acid groups (broad SMARTS) is 1. The van der Waals surface area contributed by atoms with E-state index in [1.54, 1.807) is 0 Å². The number of aryl methyl sites for hydroxylation is 1. The van der Waals surface area contributed by atoms with E-state index in [0.29, 0.717) is 6.07 Å². The number of carbonyl (C=O) groups is 1. The van der Waals surface area contributed by atoms with Crippen LogP contribution >= 0.6 is 0 Å². The second-order valence-corrected chi connectivity index (χ2v) is 2.60. The molecule has 0 atom stereocenters. The highest BCUT2D eigenvalue weighted by molar-refractivity contribution is 5.85. The molecule has 0 unspecified atom stereocenters. The standard InChI is InChI=1S/C8H6F3NO2/c1-3-6(9)4(7(10)11)2-5(12-3)8(13)14/h2,7H,1H3,(H,13,14). The van der Waals surface area contributed by atoms with Crippen LogP contribution in [0.5, 0.6) is 0 Å². The Morgan fingerprint density at radius 3 is 2.57 bits per heavy atom. The van der Waals surface area contributed by atoms with Crippen LogP contribution in [0.4, 0.5) is 13.2 Å².